The first kappa shape index (κ1) is 13.6. The number of hydrogen-bond donors (Lipinski definition) is 1. The molecule has 1 heterocycles. The van der Waals surface area contributed by atoms with Gasteiger partial charge in [0.05, 0.1) is 17.5 Å². The molecule has 102 valence electrons. The van der Waals surface area contributed by atoms with E-state index in [4.69, 9.17) is 0 Å². The third-order valence-corrected chi connectivity index (χ3v) is 2.87. The fraction of sp³-hybridized carbons (Fsp3) is 0.308. The molecule has 6 heteroatoms. The minimum atomic E-state index is -4.31. The van der Waals surface area contributed by atoms with Crippen LogP contribution in [0.25, 0.3) is 11.3 Å². The molecule has 1 aromatic heterocycles. The Bertz CT molecular complexity index is 556. The van der Waals surface area contributed by atoms with Crippen LogP contribution in [0, 0.1) is 0 Å². The minimum Gasteiger partial charge on any atom is -0.316 e. The number of aromatic nitrogens is 2. The lowest BCUT2D eigenvalue weighted by atomic mass is 10.1. The first-order chi connectivity index (χ1) is 8.93. The molecule has 19 heavy (non-hydrogen) atoms. The molecule has 0 saturated heterocycles. The molecule has 0 radical (unpaired) electrons. The number of benzene rings is 1. The average Bonchev–Trinajstić information content (AvgIpc) is 2.70. The molecular formula is C13H14F3N3. The number of alkyl halides is 3. The number of hydrogen-bond acceptors (Lipinski definition) is 2. The molecule has 0 amide bonds. The van der Waals surface area contributed by atoms with Crippen LogP contribution in [0.4, 0.5) is 13.2 Å². The highest BCUT2D eigenvalue weighted by Crippen LogP contribution is 2.31. The fourth-order valence-corrected chi connectivity index (χ4v) is 1.99. The van der Waals surface area contributed by atoms with Gasteiger partial charge < -0.3 is 5.32 Å². The van der Waals surface area contributed by atoms with Crippen LogP contribution in [0.15, 0.2) is 30.5 Å². The number of halogens is 3. The number of aryl methyl sites for hydroxylation is 1. The van der Waals surface area contributed by atoms with Crippen molar-refractivity contribution in [2.24, 2.45) is 7.05 Å². The molecule has 0 bridgehead atoms. The van der Waals surface area contributed by atoms with E-state index in [1.165, 1.54) is 12.1 Å². The second kappa shape index (κ2) is 5.05. The van der Waals surface area contributed by atoms with Gasteiger partial charge in [0.1, 0.15) is 0 Å². The summed E-state index contributed by atoms with van der Waals surface area (Å²) in [6, 6.07) is 5.12. The SMILES string of the molecule is CNCc1cnn(C)c1-c1ccc(C(F)(F)F)cc1. The van der Waals surface area contributed by atoms with E-state index in [0.717, 1.165) is 29.0 Å². The Balaban J connectivity index is 2.40. The van der Waals surface area contributed by atoms with E-state index in [1.807, 2.05) is 7.05 Å². The molecule has 0 aliphatic carbocycles. The second-order valence-corrected chi connectivity index (χ2v) is 4.25. The van der Waals surface area contributed by atoms with Crippen LogP contribution < -0.4 is 5.32 Å². The van der Waals surface area contributed by atoms with Crippen LogP contribution in [0.3, 0.4) is 0 Å². The van der Waals surface area contributed by atoms with Crippen LogP contribution in [-0.2, 0) is 19.8 Å². The smallest absolute Gasteiger partial charge is 0.316 e. The fourth-order valence-electron chi connectivity index (χ4n) is 1.99. The Morgan fingerprint density at radius 1 is 1.21 bits per heavy atom. The van der Waals surface area contributed by atoms with Crippen LogP contribution in [-0.4, -0.2) is 16.8 Å². The lowest BCUT2D eigenvalue weighted by Gasteiger charge is -2.09. The maximum atomic E-state index is 12.5. The van der Waals surface area contributed by atoms with Gasteiger partial charge in [-0.2, -0.15) is 18.3 Å². The van der Waals surface area contributed by atoms with Gasteiger partial charge in [0.2, 0.25) is 0 Å². The molecule has 0 saturated carbocycles. The van der Waals surface area contributed by atoms with Crippen molar-refractivity contribution in [1.29, 1.82) is 0 Å². The summed E-state index contributed by atoms with van der Waals surface area (Å²) in [5.74, 6) is 0. The van der Waals surface area contributed by atoms with E-state index in [1.54, 1.807) is 17.9 Å². The van der Waals surface area contributed by atoms with E-state index in [-0.39, 0.29) is 0 Å². The largest absolute Gasteiger partial charge is 0.416 e. The van der Waals surface area contributed by atoms with Gasteiger partial charge in [0.15, 0.2) is 0 Å². The Hall–Kier alpha value is -1.82. The predicted octanol–water partition coefficient (Wildman–Crippen LogP) is 2.83. The predicted molar refractivity (Wildman–Crippen MR) is 66.4 cm³/mol. The minimum absolute atomic E-state index is 0.615. The van der Waals surface area contributed by atoms with Crippen molar-refractivity contribution in [3.8, 4) is 11.3 Å². The van der Waals surface area contributed by atoms with Crippen LogP contribution in [0.1, 0.15) is 11.1 Å². The summed E-state index contributed by atoms with van der Waals surface area (Å²) < 4.78 is 39.2. The Morgan fingerprint density at radius 2 is 1.84 bits per heavy atom. The van der Waals surface area contributed by atoms with Crippen LogP contribution in [0.2, 0.25) is 0 Å². The summed E-state index contributed by atoms with van der Waals surface area (Å²) in [4.78, 5) is 0. The van der Waals surface area contributed by atoms with Gasteiger partial charge in [0.25, 0.3) is 0 Å². The highest BCUT2D eigenvalue weighted by atomic mass is 19.4. The van der Waals surface area contributed by atoms with Gasteiger partial charge in [-0.25, -0.2) is 0 Å². The van der Waals surface area contributed by atoms with E-state index in [2.05, 4.69) is 10.4 Å². The van der Waals surface area contributed by atoms with Gasteiger partial charge in [0, 0.05) is 24.7 Å². The molecule has 0 unspecified atom stereocenters. The highest BCUT2D eigenvalue weighted by molar-refractivity contribution is 5.63. The number of nitrogens with zero attached hydrogens (tertiary/aromatic N) is 2. The highest BCUT2D eigenvalue weighted by Gasteiger charge is 2.30. The van der Waals surface area contributed by atoms with E-state index in [0.29, 0.717) is 6.54 Å². The van der Waals surface area contributed by atoms with E-state index < -0.39 is 11.7 Å². The molecule has 0 aliphatic rings. The first-order valence-corrected chi connectivity index (χ1v) is 5.76. The van der Waals surface area contributed by atoms with Crippen molar-refractivity contribution in [3.63, 3.8) is 0 Å². The third kappa shape index (κ3) is 2.78. The molecule has 2 rings (SSSR count). The zero-order valence-electron chi connectivity index (χ0n) is 10.6. The van der Waals surface area contributed by atoms with Gasteiger partial charge in [-0.15, -0.1) is 0 Å². The molecule has 2 aromatic rings. The number of nitrogens with one attached hydrogen (secondary N) is 1. The van der Waals surface area contributed by atoms with E-state index >= 15 is 0 Å². The summed E-state index contributed by atoms with van der Waals surface area (Å²) in [7, 11) is 3.58. The van der Waals surface area contributed by atoms with Gasteiger partial charge >= 0.3 is 6.18 Å². The van der Waals surface area contributed by atoms with Crippen molar-refractivity contribution in [2.75, 3.05) is 7.05 Å². The molecule has 0 fully saturated rings. The Morgan fingerprint density at radius 3 is 2.37 bits per heavy atom. The lowest BCUT2D eigenvalue weighted by Crippen LogP contribution is -2.07. The first-order valence-electron chi connectivity index (χ1n) is 5.76. The molecule has 1 aromatic carbocycles. The van der Waals surface area contributed by atoms with E-state index in [9.17, 15) is 13.2 Å². The monoisotopic (exact) mass is 269 g/mol. The topological polar surface area (TPSA) is 29.9 Å². The van der Waals surface area contributed by atoms with Crippen LogP contribution >= 0.6 is 0 Å². The standard InChI is InChI=1S/C13H14F3N3/c1-17-7-10-8-18-19(2)12(10)9-3-5-11(6-4-9)13(14,15)16/h3-6,8,17H,7H2,1-2H3. The van der Waals surface area contributed by atoms with Gasteiger partial charge in [-0.1, -0.05) is 12.1 Å². The normalized spacial score (nSPS) is 11.8. The van der Waals surface area contributed by atoms with Crippen molar-refractivity contribution in [2.45, 2.75) is 12.7 Å². The third-order valence-electron chi connectivity index (χ3n) is 2.87. The van der Waals surface area contributed by atoms with Gasteiger partial charge in [-0.3, -0.25) is 4.68 Å². The summed E-state index contributed by atoms with van der Waals surface area (Å²) in [5.41, 5.74) is 1.85. The van der Waals surface area contributed by atoms with Crippen molar-refractivity contribution < 1.29 is 13.2 Å². The van der Waals surface area contributed by atoms with Crippen molar-refractivity contribution in [3.05, 3.63) is 41.6 Å². The number of rotatable bonds is 3. The Kier molecular flexibility index (Phi) is 3.61. The summed E-state index contributed by atoms with van der Waals surface area (Å²) in [6.07, 6.45) is -2.59. The van der Waals surface area contributed by atoms with Crippen LogP contribution in [0.5, 0.6) is 0 Å². The molecule has 0 atom stereocenters. The summed E-state index contributed by atoms with van der Waals surface area (Å²) in [6.45, 7) is 0.615. The summed E-state index contributed by atoms with van der Waals surface area (Å²) >= 11 is 0. The Labute approximate surface area is 109 Å². The van der Waals surface area contributed by atoms with Crippen molar-refractivity contribution >= 4 is 0 Å². The summed E-state index contributed by atoms with van der Waals surface area (Å²) in [5, 5.41) is 7.15. The molecule has 3 nitrogen and oxygen atoms in total. The maximum absolute atomic E-state index is 12.5. The van der Waals surface area contributed by atoms with Gasteiger partial charge in [-0.05, 0) is 19.2 Å². The van der Waals surface area contributed by atoms with Crippen molar-refractivity contribution in [1.82, 2.24) is 15.1 Å². The zero-order valence-corrected chi connectivity index (χ0v) is 10.6. The zero-order chi connectivity index (χ0) is 14.0. The average molecular weight is 269 g/mol. The molecule has 0 aliphatic heterocycles. The molecule has 0 spiro atoms. The maximum Gasteiger partial charge on any atom is 0.416 e. The lowest BCUT2D eigenvalue weighted by molar-refractivity contribution is -0.137. The molecule has 1 N–H and O–H groups in total. The second-order valence-electron chi connectivity index (χ2n) is 4.25. The quantitative estimate of drug-likeness (QED) is 0.928. The molecular weight excluding hydrogens is 255 g/mol.